The van der Waals surface area contributed by atoms with E-state index in [4.69, 9.17) is 5.11 Å². The van der Waals surface area contributed by atoms with Crippen molar-refractivity contribution in [3.63, 3.8) is 0 Å². The number of carbonyl (C=O) groups excluding carboxylic acids is 1. The van der Waals surface area contributed by atoms with Gasteiger partial charge in [-0.25, -0.2) is 0 Å². The SMILES string of the molecule is COC(=O)CC/C=C/CCC/C=C/C=C/C=C\CO. The van der Waals surface area contributed by atoms with Crippen molar-refractivity contribution in [1.29, 1.82) is 0 Å². The van der Waals surface area contributed by atoms with Gasteiger partial charge in [0.05, 0.1) is 13.7 Å². The molecule has 0 atom stereocenters. The first-order valence-electron chi connectivity index (χ1n) is 6.62. The van der Waals surface area contributed by atoms with Gasteiger partial charge in [0, 0.05) is 6.42 Å². The lowest BCUT2D eigenvalue weighted by Crippen LogP contribution is -1.97. The van der Waals surface area contributed by atoms with Crippen molar-refractivity contribution in [1.82, 2.24) is 0 Å². The second-order valence-corrected chi connectivity index (χ2v) is 3.94. The molecule has 106 valence electrons. The van der Waals surface area contributed by atoms with Gasteiger partial charge >= 0.3 is 5.97 Å². The summed E-state index contributed by atoms with van der Waals surface area (Å²) in [7, 11) is 1.41. The van der Waals surface area contributed by atoms with Crippen LogP contribution in [0.3, 0.4) is 0 Å². The minimum absolute atomic E-state index is 0.0797. The predicted octanol–water partition coefficient (Wildman–Crippen LogP) is 3.33. The zero-order valence-electron chi connectivity index (χ0n) is 11.6. The molecule has 0 fully saturated rings. The summed E-state index contributed by atoms with van der Waals surface area (Å²) < 4.78 is 4.55. The molecule has 3 nitrogen and oxygen atoms in total. The molecule has 0 amide bonds. The molecule has 0 aliphatic rings. The molecule has 0 radical (unpaired) electrons. The van der Waals surface area contributed by atoms with Gasteiger partial charge in [0.1, 0.15) is 0 Å². The molecule has 0 aromatic heterocycles. The molecule has 0 aromatic carbocycles. The Morgan fingerprint density at radius 3 is 2.26 bits per heavy atom. The molecule has 0 rings (SSSR count). The Kier molecular flexibility index (Phi) is 13.2. The van der Waals surface area contributed by atoms with Crippen molar-refractivity contribution in [3.05, 3.63) is 48.6 Å². The molecule has 0 saturated heterocycles. The highest BCUT2D eigenvalue weighted by atomic mass is 16.5. The van der Waals surface area contributed by atoms with Gasteiger partial charge in [-0.3, -0.25) is 4.79 Å². The van der Waals surface area contributed by atoms with Crippen LogP contribution in [-0.2, 0) is 9.53 Å². The molecular formula is C16H24O3. The first-order chi connectivity index (χ1) is 9.31. The molecule has 0 heterocycles. The number of rotatable bonds is 10. The summed E-state index contributed by atoms with van der Waals surface area (Å²) in [5, 5.41) is 8.50. The lowest BCUT2D eigenvalue weighted by molar-refractivity contribution is -0.140. The van der Waals surface area contributed by atoms with Crippen LogP contribution >= 0.6 is 0 Å². The first kappa shape index (κ1) is 17.4. The Morgan fingerprint density at radius 1 is 0.947 bits per heavy atom. The van der Waals surface area contributed by atoms with Crippen molar-refractivity contribution in [2.75, 3.05) is 13.7 Å². The Hall–Kier alpha value is -1.61. The van der Waals surface area contributed by atoms with Crippen LogP contribution in [0, 0.1) is 0 Å². The van der Waals surface area contributed by atoms with E-state index in [-0.39, 0.29) is 12.6 Å². The Balaban J connectivity index is 3.41. The molecule has 1 N–H and O–H groups in total. The number of esters is 1. The van der Waals surface area contributed by atoms with Crippen molar-refractivity contribution in [2.24, 2.45) is 0 Å². The highest BCUT2D eigenvalue weighted by Gasteiger charge is 1.95. The Morgan fingerprint density at radius 2 is 1.58 bits per heavy atom. The Bertz CT molecular complexity index is 325. The number of aliphatic hydroxyl groups is 1. The van der Waals surface area contributed by atoms with Crippen LogP contribution in [0.4, 0.5) is 0 Å². The van der Waals surface area contributed by atoms with E-state index < -0.39 is 0 Å². The third-order valence-electron chi connectivity index (χ3n) is 2.36. The average Bonchev–Trinajstić information content (AvgIpc) is 2.43. The lowest BCUT2D eigenvalue weighted by Gasteiger charge is -1.94. The van der Waals surface area contributed by atoms with Crippen LogP contribution in [0.5, 0.6) is 0 Å². The van der Waals surface area contributed by atoms with Crippen LogP contribution in [0.1, 0.15) is 32.1 Å². The van der Waals surface area contributed by atoms with E-state index in [0.29, 0.717) is 6.42 Å². The van der Waals surface area contributed by atoms with E-state index in [9.17, 15) is 4.79 Å². The van der Waals surface area contributed by atoms with Gasteiger partial charge < -0.3 is 9.84 Å². The fourth-order valence-corrected chi connectivity index (χ4v) is 1.34. The van der Waals surface area contributed by atoms with Crippen LogP contribution in [0.2, 0.25) is 0 Å². The lowest BCUT2D eigenvalue weighted by atomic mass is 10.2. The number of ether oxygens (including phenoxy) is 1. The van der Waals surface area contributed by atoms with E-state index in [1.807, 2.05) is 30.4 Å². The predicted molar refractivity (Wildman–Crippen MR) is 78.7 cm³/mol. The van der Waals surface area contributed by atoms with Crippen molar-refractivity contribution in [3.8, 4) is 0 Å². The summed E-state index contributed by atoms with van der Waals surface area (Å²) >= 11 is 0. The van der Waals surface area contributed by atoms with E-state index in [2.05, 4.69) is 16.9 Å². The van der Waals surface area contributed by atoms with Gasteiger partial charge in [-0.2, -0.15) is 0 Å². The summed E-state index contributed by atoms with van der Waals surface area (Å²) in [5.41, 5.74) is 0. The van der Waals surface area contributed by atoms with E-state index in [0.717, 1.165) is 25.7 Å². The standard InChI is InChI=1S/C16H24O3/c1-19-16(18)14-12-10-8-6-4-2-3-5-7-9-11-13-15-17/h3,5,7-11,13,17H,2,4,6,12,14-15H2,1H3/b5-3+,9-7+,10-8+,13-11-. The second-order valence-electron chi connectivity index (χ2n) is 3.94. The average molecular weight is 264 g/mol. The molecule has 3 heteroatoms. The number of hydrogen-bond acceptors (Lipinski definition) is 3. The molecular weight excluding hydrogens is 240 g/mol. The van der Waals surface area contributed by atoms with Crippen LogP contribution in [0.15, 0.2) is 48.6 Å². The third-order valence-corrected chi connectivity index (χ3v) is 2.36. The third kappa shape index (κ3) is 14.3. The summed E-state index contributed by atoms with van der Waals surface area (Å²) in [4.78, 5) is 10.8. The number of allylic oxidation sites excluding steroid dienone is 7. The smallest absolute Gasteiger partial charge is 0.305 e. The van der Waals surface area contributed by atoms with Crippen LogP contribution in [-0.4, -0.2) is 24.8 Å². The minimum Gasteiger partial charge on any atom is -0.469 e. The summed E-state index contributed by atoms with van der Waals surface area (Å²) in [6.07, 6.45) is 20.0. The number of methoxy groups -OCH3 is 1. The first-order valence-corrected chi connectivity index (χ1v) is 6.62. The largest absolute Gasteiger partial charge is 0.469 e. The molecule has 0 spiro atoms. The quantitative estimate of drug-likeness (QED) is 0.285. The zero-order chi connectivity index (χ0) is 14.2. The molecule has 19 heavy (non-hydrogen) atoms. The van der Waals surface area contributed by atoms with Crippen molar-refractivity contribution < 1.29 is 14.6 Å². The van der Waals surface area contributed by atoms with Crippen molar-refractivity contribution >= 4 is 5.97 Å². The van der Waals surface area contributed by atoms with Gasteiger partial charge in [-0.15, -0.1) is 0 Å². The van der Waals surface area contributed by atoms with E-state index in [1.54, 1.807) is 6.08 Å². The minimum atomic E-state index is -0.158. The maximum absolute atomic E-state index is 10.8. The maximum atomic E-state index is 10.8. The fraction of sp³-hybridized carbons (Fsp3) is 0.438. The van der Waals surface area contributed by atoms with Crippen LogP contribution < -0.4 is 0 Å². The number of carbonyl (C=O) groups is 1. The highest BCUT2D eigenvalue weighted by molar-refractivity contribution is 5.69. The summed E-state index contributed by atoms with van der Waals surface area (Å²) in [5.74, 6) is -0.158. The van der Waals surface area contributed by atoms with E-state index >= 15 is 0 Å². The number of unbranched alkanes of at least 4 members (excludes halogenated alkanes) is 2. The topological polar surface area (TPSA) is 46.5 Å². The maximum Gasteiger partial charge on any atom is 0.305 e. The summed E-state index contributed by atoms with van der Waals surface area (Å²) in [6.45, 7) is 0.0797. The highest BCUT2D eigenvalue weighted by Crippen LogP contribution is 2.00. The zero-order valence-corrected chi connectivity index (χ0v) is 11.6. The van der Waals surface area contributed by atoms with Crippen molar-refractivity contribution in [2.45, 2.75) is 32.1 Å². The molecule has 0 aliphatic heterocycles. The molecule has 0 aliphatic carbocycles. The fourth-order valence-electron chi connectivity index (χ4n) is 1.34. The second kappa shape index (κ2) is 14.5. The van der Waals surface area contributed by atoms with Gasteiger partial charge in [0.15, 0.2) is 0 Å². The van der Waals surface area contributed by atoms with Gasteiger partial charge in [0.25, 0.3) is 0 Å². The molecule has 0 bridgehead atoms. The number of aliphatic hydroxyl groups excluding tert-OH is 1. The summed E-state index contributed by atoms with van der Waals surface area (Å²) in [6, 6.07) is 0. The molecule has 0 unspecified atom stereocenters. The van der Waals surface area contributed by atoms with Gasteiger partial charge in [-0.1, -0.05) is 48.6 Å². The normalized spacial score (nSPS) is 12.3. The monoisotopic (exact) mass is 264 g/mol. The van der Waals surface area contributed by atoms with Gasteiger partial charge in [-0.05, 0) is 25.7 Å². The van der Waals surface area contributed by atoms with Gasteiger partial charge in [0.2, 0.25) is 0 Å². The molecule has 0 saturated carbocycles. The Labute approximate surface area is 116 Å². The number of hydrogen-bond donors (Lipinski definition) is 1. The van der Waals surface area contributed by atoms with E-state index in [1.165, 1.54) is 7.11 Å². The molecule has 0 aromatic rings. The van der Waals surface area contributed by atoms with Crippen LogP contribution in [0.25, 0.3) is 0 Å².